The van der Waals surface area contributed by atoms with Crippen LogP contribution in [-0.2, 0) is 20.0 Å². The molecular formula is C16H20N4O3. The molecule has 0 saturated carbocycles. The van der Waals surface area contributed by atoms with Gasteiger partial charge in [0.25, 0.3) is 5.56 Å². The Morgan fingerprint density at radius 2 is 2.22 bits per heavy atom. The van der Waals surface area contributed by atoms with Crippen molar-refractivity contribution in [3.8, 4) is 0 Å². The first-order chi connectivity index (χ1) is 11.0. The second kappa shape index (κ2) is 5.91. The number of furan rings is 1. The molecule has 2 amide bonds. The molecule has 2 aromatic heterocycles. The SMILES string of the molecule is Cc1ccc([C@@H](C)NC(=O)N2CCc3c(ncn(C)c3=O)C2)o1. The molecule has 3 rings (SSSR count). The first-order valence-electron chi connectivity index (χ1n) is 7.61. The fourth-order valence-corrected chi connectivity index (χ4v) is 2.72. The van der Waals surface area contributed by atoms with Crippen molar-refractivity contribution in [2.45, 2.75) is 32.9 Å². The zero-order chi connectivity index (χ0) is 16.6. The molecule has 122 valence electrons. The van der Waals surface area contributed by atoms with E-state index in [1.807, 2.05) is 26.0 Å². The Hall–Kier alpha value is -2.57. The van der Waals surface area contributed by atoms with Crippen molar-refractivity contribution in [2.75, 3.05) is 6.54 Å². The lowest BCUT2D eigenvalue weighted by atomic mass is 10.1. The standard InChI is InChI=1S/C16H20N4O3/c1-10-4-5-14(23-10)11(2)18-16(22)20-7-6-12-13(8-20)17-9-19(3)15(12)21/h4-5,9,11H,6-8H2,1-3H3,(H,18,22)/t11-/m1/s1. The van der Waals surface area contributed by atoms with Crippen molar-refractivity contribution in [2.24, 2.45) is 7.05 Å². The second-order valence-electron chi connectivity index (χ2n) is 5.88. The highest BCUT2D eigenvalue weighted by Gasteiger charge is 2.25. The molecule has 7 heteroatoms. The van der Waals surface area contributed by atoms with Gasteiger partial charge in [-0.2, -0.15) is 0 Å². The first-order valence-corrected chi connectivity index (χ1v) is 7.61. The lowest BCUT2D eigenvalue weighted by Crippen LogP contribution is -2.45. The molecule has 3 heterocycles. The number of fused-ring (bicyclic) bond motifs is 1. The van der Waals surface area contributed by atoms with Crippen molar-refractivity contribution in [1.29, 1.82) is 0 Å². The summed E-state index contributed by atoms with van der Waals surface area (Å²) in [6, 6.07) is 3.33. The van der Waals surface area contributed by atoms with E-state index in [9.17, 15) is 9.59 Å². The van der Waals surface area contributed by atoms with Gasteiger partial charge in [-0.1, -0.05) is 0 Å². The van der Waals surface area contributed by atoms with Crippen molar-refractivity contribution >= 4 is 6.03 Å². The fourth-order valence-electron chi connectivity index (χ4n) is 2.72. The molecule has 0 bridgehead atoms. The van der Waals surface area contributed by atoms with Crippen LogP contribution in [0.2, 0.25) is 0 Å². The normalized spacial score (nSPS) is 15.2. The number of carbonyl (C=O) groups excluding carboxylic acids is 1. The number of amides is 2. The first kappa shape index (κ1) is 15.3. The van der Waals surface area contributed by atoms with Crippen LogP contribution >= 0.6 is 0 Å². The summed E-state index contributed by atoms with van der Waals surface area (Å²) >= 11 is 0. The van der Waals surface area contributed by atoms with Gasteiger partial charge in [-0.15, -0.1) is 0 Å². The smallest absolute Gasteiger partial charge is 0.318 e. The Labute approximate surface area is 133 Å². The third kappa shape index (κ3) is 2.99. The molecule has 7 nitrogen and oxygen atoms in total. The zero-order valence-electron chi connectivity index (χ0n) is 13.5. The average Bonchev–Trinajstić information content (AvgIpc) is 2.97. The summed E-state index contributed by atoms with van der Waals surface area (Å²) in [6.07, 6.45) is 2.02. The maximum Gasteiger partial charge on any atom is 0.318 e. The van der Waals surface area contributed by atoms with E-state index >= 15 is 0 Å². The Kier molecular flexibility index (Phi) is 3.94. The molecular weight excluding hydrogens is 296 g/mol. The highest BCUT2D eigenvalue weighted by atomic mass is 16.3. The average molecular weight is 316 g/mol. The van der Waals surface area contributed by atoms with Gasteiger partial charge in [0.05, 0.1) is 24.6 Å². The zero-order valence-corrected chi connectivity index (χ0v) is 13.5. The van der Waals surface area contributed by atoms with E-state index < -0.39 is 0 Å². The van der Waals surface area contributed by atoms with Gasteiger partial charge in [-0.05, 0) is 32.4 Å². The van der Waals surface area contributed by atoms with Crippen LogP contribution in [0.15, 0.2) is 27.7 Å². The summed E-state index contributed by atoms with van der Waals surface area (Å²) in [7, 11) is 1.68. The number of rotatable bonds is 2. The van der Waals surface area contributed by atoms with Gasteiger partial charge in [0.1, 0.15) is 11.5 Å². The van der Waals surface area contributed by atoms with E-state index in [2.05, 4.69) is 10.3 Å². The molecule has 0 fully saturated rings. The Balaban J connectivity index is 1.69. The van der Waals surface area contributed by atoms with E-state index in [4.69, 9.17) is 4.42 Å². The number of aromatic nitrogens is 2. The van der Waals surface area contributed by atoms with Gasteiger partial charge < -0.3 is 19.2 Å². The van der Waals surface area contributed by atoms with Gasteiger partial charge in [0.2, 0.25) is 0 Å². The van der Waals surface area contributed by atoms with E-state index in [1.165, 1.54) is 10.9 Å². The lowest BCUT2D eigenvalue weighted by Gasteiger charge is -2.29. The number of nitrogens with zero attached hydrogens (tertiary/aromatic N) is 3. The molecule has 1 aliphatic rings. The molecule has 2 aromatic rings. The Morgan fingerprint density at radius 3 is 2.91 bits per heavy atom. The van der Waals surface area contributed by atoms with Crippen LogP contribution in [0.25, 0.3) is 0 Å². The van der Waals surface area contributed by atoms with E-state index in [0.29, 0.717) is 30.8 Å². The maximum atomic E-state index is 12.4. The van der Waals surface area contributed by atoms with Crippen LogP contribution < -0.4 is 10.9 Å². The second-order valence-corrected chi connectivity index (χ2v) is 5.88. The minimum atomic E-state index is -0.214. The van der Waals surface area contributed by atoms with Crippen LogP contribution in [0, 0.1) is 6.92 Å². The molecule has 0 spiro atoms. The van der Waals surface area contributed by atoms with Gasteiger partial charge in [-0.25, -0.2) is 9.78 Å². The highest BCUT2D eigenvalue weighted by Crippen LogP contribution is 2.18. The Morgan fingerprint density at radius 1 is 1.43 bits per heavy atom. The highest BCUT2D eigenvalue weighted by molar-refractivity contribution is 5.74. The van der Waals surface area contributed by atoms with Gasteiger partial charge in [-0.3, -0.25) is 4.79 Å². The number of aryl methyl sites for hydroxylation is 2. The summed E-state index contributed by atoms with van der Waals surface area (Å²) in [5.41, 5.74) is 1.35. The minimum absolute atomic E-state index is 0.0329. The van der Waals surface area contributed by atoms with E-state index in [-0.39, 0.29) is 17.6 Å². The van der Waals surface area contributed by atoms with Crippen LogP contribution in [0.1, 0.15) is 35.7 Å². The molecule has 1 atom stereocenters. The van der Waals surface area contributed by atoms with Crippen LogP contribution in [-0.4, -0.2) is 27.0 Å². The summed E-state index contributed by atoms with van der Waals surface area (Å²) in [6.45, 7) is 4.60. The number of urea groups is 1. The molecule has 1 N–H and O–H groups in total. The number of hydrogen-bond acceptors (Lipinski definition) is 4. The molecule has 0 aliphatic carbocycles. The van der Waals surface area contributed by atoms with Crippen LogP contribution in [0.4, 0.5) is 4.79 Å². The van der Waals surface area contributed by atoms with Crippen molar-refractivity contribution in [1.82, 2.24) is 19.8 Å². The molecule has 0 saturated heterocycles. The monoisotopic (exact) mass is 316 g/mol. The van der Waals surface area contributed by atoms with Crippen LogP contribution in [0.3, 0.4) is 0 Å². The predicted molar refractivity (Wildman–Crippen MR) is 84.0 cm³/mol. The topological polar surface area (TPSA) is 80.4 Å². The molecule has 0 aromatic carbocycles. The minimum Gasteiger partial charge on any atom is -0.464 e. The largest absolute Gasteiger partial charge is 0.464 e. The molecule has 0 unspecified atom stereocenters. The van der Waals surface area contributed by atoms with Gasteiger partial charge in [0, 0.05) is 19.2 Å². The number of hydrogen-bond donors (Lipinski definition) is 1. The fraction of sp³-hybridized carbons (Fsp3) is 0.438. The Bertz CT molecular complexity index is 793. The maximum absolute atomic E-state index is 12.4. The number of carbonyl (C=O) groups is 1. The third-order valence-electron chi connectivity index (χ3n) is 4.10. The van der Waals surface area contributed by atoms with Gasteiger partial charge >= 0.3 is 6.03 Å². The lowest BCUT2D eigenvalue weighted by molar-refractivity contribution is 0.186. The summed E-state index contributed by atoms with van der Waals surface area (Å²) < 4.78 is 7.00. The molecule has 23 heavy (non-hydrogen) atoms. The molecule has 0 radical (unpaired) electrons. The third-order valence-corrected chi connectivity index (χ3v) is 4.10. The summed E-state index contributed by atoms with van der Waals surface area (Å²) in [5, 5.41) is 2.92. The number of nitrogens with one attached hydrogen (secondary N) is 1. The van der Waals surface area contributed by atoms with Crippen molar-refractivity contribution < 1.29 is 9.21 Å². The summed E-state index contributed by atoms with van der Waals surface area (Å²) in [5.74, 6) is 1.54. The quantitative estimate of drug-likeness (QED) is 0.910. The molecule has 1 aliphatic heterocycles. The van der Waals surface area contributed by atoms with Crippen molar-refractivity contribution in [3.63, 3.8) is 0 Å². The predicted octanol–water partition coefficient (Wildman–Crippen LogP) is 1.51. The summed E-state index contributed by atoms with van der Waals surface area (Å²) in [4.78, 5) is 30.4. The van der Waals surface area contributed by atoms with E-state index in [1.54, 1.807) is 11.9 Å². The van der Waals surface area contributed by atoms with Crippen LogP contribution in [0.5, 0.6) is 0 Å². The van der Waals surface area contributed by atoms with E-state index in [0.717, 1.165) is 11.5 Å². The van der Waals surface area contributed by atoms with Crippen molar-refractivity contribution in [3.05, 3.63) is 51.6 Å². The van der Waals surface area contributed by atoms with Gasteiger partial charge in [0.15, 0.2) is 0 Å².